The van der Waals surface area contributed by atoms with Crippen LogP contribution in [0.15, 0.2) is 42.7 Å². The molecule has 1 aromatic carbocycles. The van der Waals surface area contributed by atoms with Gasteiger partial charge < -0.3 is 4.74 Å². The number of halogens is 1. The summed E-state index contributed by atoms with van der Waals surface area (Å²) in [6.07, 6.45) is 3.73. The maximum Gasteiger partial charge on any atom is 0.231 e. The lowest BCUT2D eigenvalue weighted by atomic mass is 10.2. The molecule has 2 aromatic heterocycles. The maximum absolute atomic E-state index is 13.5. The van der Waals surface area contributed by atoms with Crippen molar-refractivity contribution in [3.05, 3.63) is 54.1 Å². The van der Waals surface area contributed by atoms with Gasteiger partial charge in [0.15, 0.2) is 5.13 Å². The Kier molecular flexibility index (Phi) is 5.90. The summed E-state index contributed by atoms with van der Waals surface area (Å²) < 4.78 is 19.8. The lowest BCUT2D eigenvalue weighted by Gasteiger charge is -2.20. The van der Waals surface area contributed by atoms with E-state index in [2.05, 4.69) is 9.97 Å². The molecule has 0 bridgehead atoms. The van der Waals surface area contributed by atoms with E-state index in [9.17, 15) is 9.18 Å². The van der Waals surface area contributed by atoms with E-state index in [1.54, 1.807) is 23.4 Å². The van der Waals surface area contributed by atoms with Gasteiger partial charge in [0.1, 0.15) is 5.82 Å². The quantitative estimate of drug-likeness (QED) is 0.623. The summed E-state index contributed by atoms with van der Waals surface area (Å²) >= 11 is 1.37. The fraction of sp³-hybridized carbons (Fsp3) is 0.316. The first-order chi connectivity index (χ1) is 12.5. The van der Waals surface area contributed by atoms with Crippen LogP contribution in [-0.4, -0.2) is 28.6 Å². The van der Waals surface area contributed by atoms with Crippen molar-refractivity contribution in [2.75, 3.05) is 11.5 Å². The van der Waals surface area contributed by atoms with Crippen LogP contribution < -0.4 is 4.90 Å². The predicted octanol–water partition coefficient (Wildman–Crippen LogP) is 4.18. The third-order valence-electron chi connectivity index (χ3n) is 3.70. The molecule has 0 saturated carbocycles. The molecular formula is C19H20FN3O2S. The van der Waals surface area contributed by atoms with Crippen molar-refractivity contribution in [1.82, 2.24) is 9.97 Å². The summed E-state index contributed by atoms with van der Waals surface area (Å²) in [4.78, 5) is 23.0. The normalized spacial score (nSPS) is 11.2. The highest BCUT2D eigenvalue weighted by Gasteiger charge is 2.20. The molecule has 0 spiro atoms. The minimum atomic E-state index is -0.343. The first-order valence-electron chi connectivity index (χ1n) is 8.40. The number of hydrogen-bond donors (Lipinski definition) is 0. The fourth-order valence-corrected chi connectivity index (χ4v) is 3.42. The molecule has 0 fully saturated rings. The van der Waals surface area contributed by atoms with E-state index in [1.807, 2.05) is 26.0 Å². The smallest absolute Gasteiger partial charge is 0.231 e. The summed E-state index contributed by atoms with van der Waals surface area (Å²) in [5.74, 6) is -0.432. The number of anilines is 1. The van der Waals surface area contributed by atoms with Crippen LogP contribution in [-0.2, 0) is 16.1 Å². The van der Waals surface area contributed by atoms with Crippen LogP contribution in [0, 0.1) is 5.82 Å². The molecule has 3 rings (SSSR count). The first-order valence-corrected chi connectivity index (χ1v) is 9.21. The minimum Gasteiger partial charge on any atom is -0.378 e. The molecule has 0 radical (unpaired) electrons. The molecule has 136 valence electrons. The highest BCUT2D eigenvalue weighted by Crippen LogP contribution is 2.30. The molecule has 0 aliphatic heterocycles. The maximum atomic E-state index is 13.5. The summed E-state index contributed by atoms with van der Waals surface area (Å²) in [7, 11) is 0. The second kappa shape index (κ2) is 8.33. The molecule has 26 heavy (non-hydrogen) atoms. The monoisotopic (exact) mass is 373 g/mol. The molecule has 7 heteroatoms. The lowest BCUT2D eigenvalue weighted by Crippen LogP contribution is -2.31. The van der Waals surface area contributed by atoms with E-state index in [0.29, 0.717) is 23.8 Å². The van der Waals surface area contributed by atoms with Crippen LogP contribution >= 0.6 is 11.3 Å². The Balaban J connectivity index is 1.86. The van der Waals surface area contributed by atoms with Gasteiger partial charge in [-0.3, -0.25) is 14.7 Å². The Hall–Kier alpha value is -2.38. The first kappa shape index (κ1) is 18.4. The van der Waals surface area contributed by atoms with Crippen LogP contribution in [0.5, 0.6) is 0 Å². The van der Waals surface area contributed by atoms with Crippen LogP contribution in [0.2, 0.25) is 0 Å². The molecule has 1 amide bonds. The number of nitrogens with zero attached hydrogens (tertiary/aromatic N) is 3. The van der Waals surface area contributed by atoms with Crippen LogP contribution in [0.25, 0.3) is 10.2 Å². The molecular weight excluding hydrogens is 353 g/mol. The molecule has 0 aliphatic carbocycles. The van der Waals surface area contributed by atoms with Crippen molar-refractivity contribution in [2.45, 2.75) is 32.9 Å². The summed E-state index contributed by atoms with van der Waals surface area (Å²) in [5.41, 5.74) is 1.45. The van der Waals surface area contributed by atoms with Crippen molar-refractivity contribution < 1.29 is 13.9 Å². The molecule has 2 heterocycles. The van der Waals surface area contributed by atoms with Crippen LogP contribution in [0.4, 0.5) is 9.52 Å². The zero-order valence-electron chi connectivity index (χ0n) is 14.7. The number of rotatable bonds is 7. The third kappa shape index (κ3) is 4.62. The highest BCUT2D eigenvalue weighted by atomic mass is 32.1. The van der Waals surface area contributed by atoms with Crippen molar-refractivity contribution >= 4 is 32.6 Å². The Morgan fingerprint density at radius 3 is 2.92 bits per heavy atom. The number of fused-ring (bicyclic) bond motifs is 1. The van der Waals surface area contributed by atoms with Gasteiger partial charge in [-0.15, -0.1) is 0 Å². The van der Waals surface area contributed by atoms with E-state index in [4.69, 9.17) is 4.74 Å². The average Bonchev–Trinajstić information content (AvgIpc) is 3.02. The van der Waals surface area contributed by atoms with Crippen LogP contribution in [0.3, 0.4) is 0 Å². The summed E-state index contributed by atoms with van der Waals surface area (Å²) in [5, 5.41) is 0.545. The summed E-state index contributed by atoms with van der Waals surface area (Å²) in [6.45, 7) is 4.57. The molecule has 0 unspecified atom stereocenters. The SMILES string of the molecule is CC(C)OCCC(=O)N(Cc1cccnc1)c1nc2cc(F)ccc2s1. The van der Waals surface area contributed by atoms with Crippen LogP contribution in [0.1, 0.15) is 25.8 Å². The lowest BCUT2D eigenvalue weighted by molar-refractivity contribution is -0.120. The number of carbonyl (C=O) groups excluding carboxylic acids is 1. The van der Waals surface area contributed by atoms with Crippen molar-refractivity contribution in [1.29, 1.82) is 0 Å². The number of amides is 1. The van der Waals surface area contributed by atoms with Gasteiger partial charge in [0.05, 0.1) is 35.9 Å². The van der Waals surface area contributed by atoms with Gasteiger partial charge in [0, 0.05) is 18.5 Å². The molecule has 0 N–H and O–H groups in total. The van der Waals surface area contributed by atoms with E-state index in [1.165, 1.54) is 23.5 Å². The number of thiazole rings is 1. The summed E-state index contributed by atoms with van der Waals surface area (Å²) in [6, 6.07) is 8.19. The van der Waals surface area contributed by atoms with Crippen molar-refractivity contribution in [3.63, 3.8) is 0 Å². The second-order valence-electron chi connectivity index (χ2n) is 6.12. The predicted molar refractivity (Wildman–Crippen MR) is 101 cm³/mol. The van der Waals surface area contributed by atoms with Gasteiger partial charge in [-0.05, 0) is 37.6 Å². The number of carbonyl (C=O) groups is 1. The van der Waals surface area contributed by atoms with E-state index in [0.717, 1.165) is 10.3 Å². The highest BCUT2D eigenvalue weighted by molar-refractivity contribution is 7.22. The topological polar surface area (TPSA) is 55.3 Å². The Labute approximate surface area is 155 Å². The number of hydrogen-bond acceptors (Lipinski definition) is 5. The number of aromatic nitrogens is 2. The van der Waals surface area contributed by atoms with Gasteiger partial charge in [0.2, 0.25) is 5.91 Å². The Morgan fingerprint density at radius 2 is 2.19 bits per heavy atom. The molecule has 3 aromatic rings. The molecule has 0 aliphatic rings. The molecule has 5 nitrogen and oxygen atoms in total. The van der Waals surface area contributed by atoms with Gasteiger partial charge in [-0.25, -0.2) is 9.37 Å². The third-order valence-corrected chi connectivity index (χ3v) is 4.76. The van der Waals surface area contributed by atoms with Gasteiger partial charge in [0.25, 0.3) is 0 Å². The number of pyridine rings is 1. The van der Waals surface area contributed by atoms with Crippen molar-refractivity contribution in [3.8, 4) is 0 Å². The van der Waals surface area contributed by atoms with Gasteiger partial charge in [-0.2, -0.15) is 0 Å². The van der Waals surface area contributed by atoms with Gasteiger partial charge >= 0.3 is 0 Å². The largest absolute Gasteiger partial charge is 0.378 e. The van der Waals surface area contributed by atoms with Gasteiger partial charge in [-0.1, -0.05) is 17.4 Å². The van der Waals surface area contributed by atoms with E-state index in [-0.39, 0.29) is 24.2 Å². The van der Waals surface area contributed by atoms with E-state index < -0.39 is 0 Å². The minimum absolute atomic E-state index is 0.0694. The average molecular weight is 373 g/mol. The van der Waals surface area contributed by atoms with E-state index >= 15 is 0 Å². The standard InChI is InChI=1S/C19H20FN3O2S/c1-13(2)25-9-7-18(24)23(12-14-4-3-8-21-11-14)19-22-16-10-15(20)5-6-17(16)26-19/h3-6,8,10-11,13H,7,9,12H2,1-2H3. The zero-order valence-corrected chi connectivity index (χ0v) is 15.5. The molecule has 0 saturated heterocycles. The van der Waals surface area contributed by atoms with Crippen molar-refractivity contribution in [2.24, 2.45) is 0 Å². The fourth-order valence-electron chi connectivity index (χ4n) is 2.46. The zero-order chi connectivity index (χ0) is 18.5. The number of ether oxygens (including phenoxy) is 1. The Morgan fingerprint density at radius 1 is 1.35 bits per heavy atom. The molecule has 0 atom stereocenters. The Bertz CT molecular complexity index is 883. The number of benzene rings is 1. The second-order valence-corrected chi connectivity index (χ2v) is 7.13.